The van der Waals surface area contributed by atoms with Gasteiger partial charge in [-0.2, -0.15) is 8.42 Å². The number of nitrogens with zero attached hydrogens (tertiary/aromatic N) is 1. The first-order valence-electron chi connectivity index (χ1n) is 14.8. The van der Waals surface area contributed by atoms with Crippen LogP contribution in [-0.4, -0.2) is 42.9 Å². The maximum atomic E-state index is 13.6. The Kier molecular flexibility index (Phi) is 7.57. The van der Waals surface area contributed by atoms with E-state index in [1.807, 2.05) is 56.5 Å². The number of carbonyl (C=O) groups excluding carboxylic acids is 1. The van der Waals surface area contributed by atoms with E-state index < -0.39 is 34.5 Å². The number of benzene rings is 3. The van der Waals surface area contributed by atoms with Gasteiger partial charge in [0.15, 0.2) is 11.5 Å². The van der Waals surface area contributed by atoms with Crippen LogP contribution in [0.4, 0.5) is 8.78 Å². The van der Waals surface area contributed by atoms with Gasteiger partial charge in [-0.3, -0.25) is 8.98 Å². The largest absolute Gasteiger partial charge is 0.586 e. The maximum Gasteiger partial charge on any atom is 0.586 e. The summed E-state index contributed by atoms with van der Waals surface area (Å²) in [6, 6.07) is 18.6. The number of aliphatic hydroxyl groups excluding tert-OH is 1. The van der Waals surface area contributed by atoms with E-state index in [9.17, 15) is 27.1 Å². The van der Waals surface area contributed by atoms with Crippen LogP contribution in [0.25, 0.3) is 10.9 Å². The number of aromatic nitrogens is 1. The highest BCUT2D eigenvalue weighted by Gasteiger charge is 2.52. The van der Waals surface area contributed by atoms with Crippen LogP contribution < -0.4 is 9.47 Å². The molecular weight excluding hydrogens is 604 g/mol. The van der Waals surface area contributed by atoms with Crippen LogP contribution in [0.5, 0.6) is 11.5 Å². The fourth-order valence-electron chi connectivity index (χ4n) is 5.91. The molecule has 0 amide bonds. The van der Waals surface area contributed by atoms with Crippen molar-refractivity contribution in [3.63, 3.8) is 0 Å². The molecule has 8 nitrogen and oxygen atoms in total. The number of ether oxygens (including phenoxy) is 2. The summed E-state index contributed by atoms with van der Waals surface area (Å²) < 4.78 is 68.6. The van der Waals surface area contributed by atoms with E-state index in [0.717, 1.165) is 27.7 Å². The number of aryl methyl sites for hydroxylation is 1. The first-order valence-corrected chi connectivity index (χ1v) is 16.2. The fraction of sp³-hybridized carbons (Fsp3) is 0.382. The van der Waals surface area contributed by atoms with Crippen LogP contribution in [0.3, 0.4) is 0 Å². The van der Waals surface area contributed by atoms with E-state index in [1.165, 1.54) is 24.3 Å². The zero-order valence-corrected chi connectivity index (χ0v) is 26.3. The first kappa shape index (κ1) is 31.2. The molecule has 1 atom stereocenters. The Bertz CT molecular complexity index is 1890. The van der Waals surface area contributed by atoms with Crippen LogP contribution >= 0.6 is 0 Å². The molecule has 3 aromatic carbocycles. The van der Waals surface area contributed by atoms with Gasteiger partial charge in [-0.05, 0) is 73.4 Å². The molecule has 1 aromatic heterocycles. The predicted molar refractivity (Wildman–Crippen MR) is 163 cm³/mol. The summed E-state index contributed by atoms with van der Waals surface area (Å²) in [5, 5.41) is 11.8. The van der Waals surface area contributed by atoms with Crippen molar-refractivity contribution in [1.29, 1.82) is 0 Å². The quantitative estimate of drug-likeness (QED) is 0.207. The Labute approximate surface area is 260 Å². The van der Waals surface area contributed by atoms with Crippen molar-refractivity contribution < 1.29 is 40.8 Å². The molecule has 11 heteroatoms. The molecule has 6 rings (SSSR count). The Balaban J connectivity index is 1.19. The fourth-order valence-corrected chi connectivity index (χ4v) is 6.85. The van der Waals surface area contributed by atoms with E-state index >= 15 is 0 Å². The van der Waals surface area contributed by atoms with Crippen molar-refractivity contribution in [2.24, 2.45) is 0 Å². The lowest BCUT2D eigenvalue weighted by molar-refractivity contribution is -0.286. The zero-order chi connectivity index (χ0) is 32.4. The molecule has 0 bridgehead atoms. The van der Waals surface area contributed by atoms with Crippen LogP contribution in [-0.2, 0) is 42.9 Å². The first-order chi connectivity index (χ1) is 21.1. The topological polar surface area (TPSA) is 104 Å². The molecule has 1 N–H and O–H groups in total. The number of aliphatic hydroxyl groups is 1. The number of rotatable bonds is 10. The smallest absolute Gasteiger partial charge is 0.395 e. The summed E-state index contributed by atoms with van der Waals surface area (Å²) in [5.74, 6) is -0.138. The lowest BCUT2D eigenvalue weighted by Crippen LogP contribution is -2.27. The molecule has 45 heavy (non-hydrogen) atoms. The summed E-state index contributed by atoms with van der Waals surface area (Å²) >= 11 is 0. The van der Waals surface area contributed by atoms with E-state index in [-0.39, 0.29) is 40.6 Å². The molecule has 2 heterocycles. The average Bonchev–Trinajstić information content (AvgIpc) is 3.60. The normalized spacial score (nSPS) is 17.4. The SMILES string of the molecule is Cc1ccc(S(=O)(=O)OCC(O)Cn2c(C(C)(C)C)cc3cc(CC(=O)C4(c5ccc6c(c5)OC(F)(F)O6)CC4)ccc32)cc1. The second kappa shape index (κ2) is 10.9. The van der Waals surface area contributed by atoms with Gasteiger partial charge in [0.25, 0.3) is 10.1 Å². The zero-order valence-electron chi connectivity index (χ0n) is 25.5. The minimum Gasteiger partial charge on any atom is -0.395 e. The molecule has 1 aliphatic heterocycles. The summed E-state index contributed by atoms with van der Waals surface area (Å²) in [6.07, 6.45) is -3.44. The lowest BCUT2D eigenvalue weighted by Gasteiger charge is -2.23. The summed E-state index contributed by atoms with van der Waals surface area (Å²) in [5.41, 5.74) is 3.05. The highest BCUT2D eigenvalue weighted by molar-refractivity contribution is 7.86. The van der Waals surface area contributed by atoms with Gasteiger partial charge in [-0.1, -0.05) is 50.6 Å². The second-order valence-corrected chi connectivity index (χ2v) is 14.6. The van der Waals surface area contributed by atoms with Crippen LogP contribution in [0.15, 0.2) is 71.6 Å². The molecule has 4 aromatic rings. The van der Waals surface area contributed by atoms with Crippen LogP contribution in [0, 0.1) is 6.92 Å². The number of alkyl halides is 2. The Morgan fingerprint density at radius 2 is 1.69 bits per heavy atom. The Hall–Kier alpha value is -3.80. The van der Waals surface area contributed by atoms with Crippen molar-refractivity contribution >= 4 is 26.8 Å². The number of halogens is 2. The van der Waals surface area contributed by atoms with Gasteiger partial charge in [0.05, 0.1) is 29.6 Å². The van der Waals surface area contributed by atoms with Gasteiger partial charge in [-0.25, -0.2) is 0 Å². The van der Waals surface area contributed by atoms with Gasteiger partial charge in [0, 0.05) is 28.4 Å². The van der Waals surface area contributed by atoms with Crippen molar-refractivity contribution in [3.05, 3.63) is 89.1 Å². The number of Topliss-reactive ketones (excluding diaryl/α,β-unsaturated/α-hetero) is 1. The molecular formula is C34H35F2NO7S. The molecule has 238 valence electrons. The third-order valence-electron chi connectivity index (χ3n) is 8.46. The van der Waals surface area contributed by atoms with Crippen LogP contribution in [0.2, 0.25) is 0 Å². The maximum absolute atomic E-state index is 13.6. The summed E-state index contributed by atoms with van der Waals surface area (Å²) in [6.45, 7) is 7.69. The van der Waals surface area contributed by atoms with Crippen molar-refractivity contribution in [2.75, 3.05) is 6.61 Å². The standard InChI is InChI=1S/C34H35F2NO7S/c1-21-5-9-26(10-6-21)45(40,41)42-20-25(38)19-37-27-11-7-22(15-23(27)17-30(37)32(2,3)4)16-31(39)33(13-14-33)24-8-12-28-29(18-24)44-34(35,36)43-28/h5-12,15,17-18,25,38H,13-14,16,19-20H2,1-4H3. The van der Waals surface area contributed by atoms with E-state index in [1.54, 1.807) is 18.2 Å². The molecule has 2 aliphatic rings. The van der Waals surface area contributed by atoms with Crippen molar-refractivity contribution in [1.82, 2.24) is 4.57 Å². The Morgan fingerprint density at radius 1 is 1.00 bits per heavy atom. The third kappa shape index (κ3) is 6.21. The van der Waals surface area contributed by atoms with Crippen LogP contribution in [0.1, 0.15) is 56.0 Å². The van der Waals surface area contributed by atoms with E-state index in [4.69, 9.17) is 4.18 Å². The average molecular weight is 640 g/mol. The molecule has 0 radical (unpaired) electrons. The third-order valence-corrected chi connectivity index (χ3v) is 9.75. The van der Waals surface area contributed by atoms with Crippen molar-refractivity contribution in [2.45, 2.75) is 81.6 Å². The van der Waals surface area contributed by atoms with Gasteiger partial charge in [0.1, 0.15) is 5.78 Å². The minimum atomic E-state index is -4.03. The van der Waals surface area contributed by atoms with Gasteiger partial charge >= 0.3 is 6.29 Å². The number of carbonyl (C=O) groups is 1. The molecule has 1 fully saturated rings. The van der Waals surface area contributed by atoms with Gasteiger partial charge in [0.2, 0.25) is 0 Å². The molecule has 0 spiro atoms. The van der Waals surface area contributed by atoms with Gasteiger partial charge < -0.3 is 19.1 Å². The second-order valence-electron chi connectivity index (χ2n) is 13.0. The molecule has 1 aliphatic carbocycles. The summed E-state index contributed by atoms with van der Waals surface area (Å²) in [4.78, 5) is 13.6. The number of ketones is 1. The monoisotopic (exact) mass is 639 g/mol. The highest BCUT2D eigenvalue weighted by atomic mass is 32.2. The van der Waals surface area contributed by atoms with Gasteiger partial charge in [-0.15, -0.1) is 8.78 Å². The van der Waals surface area contributed by atoms with E-state index in [0.29, 0.717) is 18.4 Å². The number of fused-ring (bicyclic) bond motifs is 2. The predicted octanol–water partition coefficient (Wildman–Crippen LogP) is 6.18. The van der Waals surface area contributed by atoms with E-state index in [2.05, 4.69) is 9.47 Å². The molecule has 0 saturated heterocycles. The molecule has 1 unspecified atom stereocenters. The molecule has 1 saturated carbocycles. The highest BCUT2D eigenvalue weighted by Crippen LogP contribution is 2.52. The Morgan fingerprint density at radius 3 is 2.36 bits per heavy atom. The lowest BCUT2D eigenvalue weighted by atomic mass is 9.87. The minimum absolute atomic E-state index is 0.00897. The number of hydrogen-bond donors (Lipinski definition) is 1. The number of hydrogen-bond acceptors (Lipinski definition) is 7. The summed E-state index contributed by atoms with van der Waals surface area (Å²) in [7, 11) is -4.03. The van der Waals surface area contributed by atoms with Crippen molar-refractivity contribution in [3.8, 4) is 11.5 Å².